The van der Waals surface area contributed by atoms with E-state index in [4.69, 9.17) is 9.47 Å². The molecule has 0 spiro atoms. The molecule has 3 N–H and O–H groups in total. The summed E-state index contributed by atoms with van der Waals surface area (Å²) < 4.78 is 10.3. The van der Waals surface area contributed by atoms with Crippen LogP contribution in [0.15, 0.2) is 27.8 Å². The number of nitrogens with zero attached hydrogens (tertiary/aromatic N) is 1. The van der Waals surface area contributed by atoms with E-state index in [-0.39, 0.29) is 6.54 Å². The van der Waals surface area contributed by atoms with Crippen molar-refractivity contribution in [1.82, 2.24) is 20.5 Å². The first kappa shape index (κ1) is 15.3. The first-order valence-electron chi connectivity index (χ1n) is 6.23. The Bertz CT molecular complexity index is 796. The second-order valence-corrected chi connectivity index (χ2v) is 4.23. The van der Waals surface area contributed by atoms with Crippen LogP contribution in [0.4, 0.5) is 0 Å². The van der Waals surface area contributed by atoms with Crippen molar-refractivity contribution in [2.45, 2.75) is 6.54 Å². The van der Waals surface area contributed by atoms with Crippen LogP contribution >= 0.6 is 0 Å². The second-order valence-electron chi connectivity index (χ2n) is 4.23. The van der Waals surface area contributed by atoms with Crippen LogP contribution in [0.2, 0.25) is 0 Å². The molecule has 0 unspecified atom stereocenters. The molecule has 0 radical (unpaired) electrons. The van der Waals surface area contributed by atoms with Gasteiger partial charge in [-0.3, -0.25) is 14.6 Å². The number of methoxy groups -OCH3 is 2. The van der Waals surface area contributed by atoms with Gasteiger partial charge in [0, 0.05) is 6.54 Å². The first-order valence-corrected chi connectivity index (χ1v) is 6.23. The van der Waals surface area contributed by atoms with Crippen molar-refractivity contribution in [3.8, 4) is 11.5 Å². The summed E-state index contributed by atoms with van der Waals surface area (Å²) in [5, 5.41) is 7.93. The molecular formula is C13H14N4O5. The van der Waals surface area contributed by atoms with Crippen LogP contribution in [-0.2, 0) is 6.54 Å². The van der Waals surface area contributed by atoms with Gasteiger partial charge >= 0.3 is 5.69 Å². The monoisotopic (exact) mass is 306 g/mol. The molecule has 116 valence electrons. The lowest BCUT2D eigenvalue weighted by atomic mass is 10.2. The molecule has 22 heavy (non-hydrogen) atoms. The fourth-order valence-electron chi connectivity index (χ4n) is 1.76. The van der Waals surface area contributed by atoms with Gasteiger partial charge in [-0.05, 0) is 17.7 Å². The van der Waals surface area contributed by atoms with Gasteiger partial charge in [0.1, 0.15) is 0 Å². The van der Waals surface area contributed by atoms with Crippen LogP contribution in [0, 0.1) is 0 Å². The number of hydrogen-bond donors (Lipinski definition) is 3. The third kappa shape index (κ3) is 3.32. The average molecular weight is 306 g/mol. The van der Waals surface area contributed by atoms with Crippen LogP contribution in [0.1, 0.15) is 16.1 Å². The highest BCUT2D eigenvalue weighted by Crippen LogP contribution is 2.27. The van der Waals surface area contributed by atoms with E-state index in [1.165, 1.54) is 14.2 Å². The minimum atomic E-state index is -0.853. The predicted molar refractivity (Wildman–Crippen MR) is 76.2 cm³/mol. The molecule has 0 aliphatic heterocycles. The van der Waals surface area contributed by atoms with E-state index >= 15 is 0 Å². The Kier molecular flexibility index (Phi) is 4.57. The molecule has 1 aromatic carbocycles. The largest absolute Gasteiger partial charge is 0.493 e. The molecule has 0 fully saturated rings. The summed E-state index contributed by atoms with van der Waals surface area (Å²) in [5.74, 6) is 0.387. The van der Waals surface area contributed by atoms with Gasteiger partial charge in [0.05, 0.1) is 14.2 Å². The Morgan fingerprint density at radius 3 is 2.59 bits per heavy atom. The number of H-pyrrole nitrogens is 2. The van der Waals surface area contributed by atoms with Gasteiger partial charge < -0.3 is 14.8 Å². The zero-order valence-corrected chi connectivity index (χ0v) is 11.9. The molecule has 0 aliphatic rings. The SMILES string of the molecule is COc1ccc(CNC(=O)c2n[nH]c(=O)[nH]c2=O)cc1OC. The zero-order valence-electron chi connectivity index (χ0n) is 11.9. The molecule has 0 atom stereocenters. The minimum Gasteiger partial charge on any atom is -0.493 e. The highest BCUT2D eigenvalue weighted by molar-refractivity contribution is 5.91. The van der Waals surface area contributed by atoms with E-state index < -0.39 is 22.9 Å². The quantitative estimate of drug-likeness (QED) is 0.677. The number of aromatic nitrogens is 3. The summed E-state index contributed by atoms with van der Waals surface area (Å²) in [4.78, 5) is 36.1. The smallest absolute Gasteiger partial charge is 0.342 e. The van der Waals surface area contributed by atoms with Crippen LogP contribution in [0.3, 0.4) is 0 Å². The zero-order chi connectivity index (χ0) is 16.1. The van der Waals surface area contributed by atoms with E-state index in [2.05, 4.69) is 10.4 Å². The normalized spacial score (nSPS) is 10.1. The lowest BCUT2D eigenvalue weighted by molar-refractivity contribution is 0.0943. The Morgan fingerprint density at radius 2 is 1.95 bits per heavy atom. The highest BCUT2D eigenvalue weighted by atomic mass is 16.5. The summed E-state index contributed by atoms with van der Waals surface area (Å²) in [6.07, 6.45) is 0. The van der Waals surface area contributed by atoms with E-state index in [1.807, 2.05) is 10.1 Å². The van der Waals surface area contributed by atoms with Crippen molar-refractivity contribution in [2.75, 3.05) is 14.2 Å². The van der Waals surface area contributed by atoms with E-state index in [0.29, 0.717) is 11.5 Å². The highest BCUT2D eigenvalue weighted by Gasteiger charge is 2.13. The Hall–Kier alpha value is -3.10. The fraction of sp³-hybridized carbons (Fsp3) is 0.231. The van der Waals surface area contributed by atoms with Gasteiger partial charge in [-0.25, -0.2) is 9.89 Å². The summed E-state index contributed by atoms with van der Waals surface area (Å²) in [6.45, 7) is 0.152. The van der Waals surface area contributed by atoms with Crippen LogP contribution in [0.25, 0.3) is 0 Å². The van der Waals surface area contributed by atoms with Crippen molar-refractivity contribution in [2.24, 2.45) is 0 Å². The number of aromatic amines is 2. The summed E-state index contributed by atoms with van der Waals surface area (Å²) in [7, 11) is 3.03. The maximum atomic E-state index is 11.9. The molecule has 9 heteroatoms. The molecule has 2 aromatic rings. The Morgan fingerprint density at radius 1 is 1.23 bits per heavy atom. The average Bonchev–Trinajstić information content (AvgIpc) is 2.52. The van der Waals surface area contributed by atoms with Gasteiger partial charge in [0.2, 0.25) is 5.69 Å². The van der Waals surface area contributed by atoms with E-state index in [1.54, 1.807) is 18.2 Å². The van der Waals surface area contributed by atoms with Crippen molar-refractivity contribution in [3.05, 3.63) is 50.3 Å². The number of ether oxygens (including phenoxy) is 2. The molecular weight excluding hydrogens is 292 g/mol. The molecule has 9 nitrogen and oxygen atoms in total. The van der Waals surface area contributed by atoms with Crippen LogP contribution < -0.4 is 26.0 Å². The minimum absolute atomic E-state index is 0.152. The van der Waals surface area contributed by atoms with Gasteiger partial charge in [-0.2, -0.15) is 5.10 Å². The van der Waals surface area contributed by atoms with E-state index in [0.717, 1.165) is 5.56 Å². The van der Waals surface area contributed by atoms with Gasteiger partial charge in [-0.15, -0.1) is 0 Å². The number of benzene rings is 1. The summed E-state index contributed by atoms with van der Waals surface area (Å²) in [6, 6.07) is 5.14. The molecule has 1 heterocycles. The lowest BCUT2D eigenvalue weighted by Crippen LogP contribution is -2.35. The van der Waals surface area contributed by atoms with Gasteiger partial charge in [0.25, 0.3) is 11.5 Å². The number of nitrogens with one attached hydrogen (secondary N) is 3. The Labute approximate surface area is 124 Å². The predicted octanol–water partition coefficient (Wildman–Crippen LogP) is -0.595. The lowest BCUT2D eigenvalue weighted by Gasteiger charge is -2.10. The molecule has 0 aliphatic carbocycles. The molecule has 0 bridgehead atoms. The van der Waals surface area contributed by atoms with Crippen LogP contribution in [-0.4, -0.2) is 35.3 Å². The number of amides is 1. The maximum Gasteiger partial charge on any atom is 0.342 e. The fourth-order valence-corrected chi connectivity index (χ4v) is 1.76. The third-order valence-electron chi connectivity index (χ3n) is 2.83. The summed E-state index contributed by atoms with van der Waals surface area (Å²) >= 11 is 0. The number of carbonyl (C=O) groups excluding carboxylic acids is 1. The van der Waals surface area contributed by atoms with Crippen molar-refractivity contribution >= 4 is 5.91 Å². The van der Waals surface area contributed by atoms with Crippen molar-refractivity contribution < 1.29 is 14.3 Å². The molecule has 0 saturated heterocycles. The van der Waals surface area contributed by atoms with Crippen molar-refractivity contribution in [3.63, 3.8) is 0 Å². The maximum absolute atomic E-state index is 11.9. The van der Waals surface area contributed by atoms with Crippen LogP contribution in [0.5, 0.6) is 11.5 Å². The molecule has 0 saturated carbocycles. The van der Waals surface area contributed by atoms with Gasteiger partial charge in [-0.1, -0.05) is 6.07 Å². The van der Waals surface area contributed by atoms with Crippen molar-refractivity contribution in [1.29, 1.82) is 0 Å². The second kappa shape index (κ2) is 6.57. The first-order chi connectivity index (χ1) is 10.5. The molecule has 2 rings (SSSR count). The number of hydrogen-bond acceptors (Lipinski definition) is 6. The number of rotatable bonds is 5. The van der Waals surface area contributed by atoms with E-state index in [9.17, 15) is 14.4 Å². The third-order valence-corrected chi connectivity index (χ3v) is 2.83. The molecule has 1 aromatic heterocycles. The standard InChI is InChI=1S/C13H14N4O5/c1-21-8-4-3-7(5-9(8)22-2)6-14-11(18)10-12(19)15-13(20)17-16-10/h3-5H,6H2,1-2H3,(H,14,18)(H2,15,17,19,20). The Balaban J connectivity index is 2.11. The van der Waals surface area contributed by atoms with Gasteiger partial charge in [0.15, 0.2) is 11.5 Å². The number of carbonyl (C=O) groups is 1. The molecule has 1 amide bonds. The topological polar surface area (TPSA) is 126 Å². The summed E-state index contributed by atoms with van der Waals surface area (Å²) in [5.41, 5.74) is -1.30.